The van der Waals surface area contributed by atoms with E-state index in [0.717, 1.165) is 45.5 Å². The number of pyridine rings is 2. The van der Waals surface area contributed by atoms with Gasteiger partial charge < -0.3 is 0 Å². The Labute approximate surface area is 196 Å². The van der Waals surface area contributed by atoms with Crippen molar-refractivity contribution in [2.45, 2.75) is 60.1 Å². The number of hydrogen-bond acceptors (Lipinski definition) is 4. The van der Waals surface area contributed by atoms with Crippen LogP contribution < -0.4 is 0 Å². The van der Waals surface area contributed by atoms with Crippen molar-refractivity contribution < 1.29 is 13.2 Å². The Balaban J connectivity index is 1.85. The van der Waals surface area contributed by atoms with E-state index in [2.05, 4.69) is 10.2 Å². The Morgan fingerprint density at radius 1 is 0.676 bits per heavy atom. The molecule has 0 fully saturated rings. The van der Waals surface area contributed by atoms with Crippen molar-refractivity contribution in [3.63, 3.8) is 0 Å². The number of alkyl halides is 3. The van der Waals surface area contributed by atoms with Gasteiger partial charge in [-0.15, -0.1) is 0 Å². The van der Waals surface area contributed by atoms with E-state index in [1.807, 2.05) is 72.9 Å². The summed E-state index contributed by atoms with van der Waals surface area (Å²) in [4.78, 5) is 9.72. The molecule has 0 N–H and O–H groups in total. The van der Waals surface area contributed by atoms with Crippen molar-refractivity contribution in [2.24, 2.45) is 0 Å². The van der Waals surface area contributed by atoms with Crippen molar-refractivity contribution in [1.82, 2.24) is 29.5 Å². The minimum Gasteiger partial charge on any atom is -0.232 e. The highest BCUT2D eigenvalue weighted by atomic mass is 19.4. The smallest absolute Gasteiger partial charge is 0.232 e. The number of aryl methyl sites for hydroxylation is 3. The van der Waals surface area contributed by atoms with E-state index >= 15 is 0 Å². The first-order valence-corrected chi connectivity index (χ1v) is 10.9. The molecule has 9 heteroatoms. The maximum atomic E-state index is 13.1. The van der Waals surface area contributed by atoms with Crippen LogP contribution in [-0.4, -0.2) is 29.5 Å². The first kappa shape index (κ1) is 23.7. The summed E-state index contributed by atoms with van der Waals surface area (Å²) in [5, 5.41) is 8.25. The predicted octanol–water partition coefficient (Wildman–Crippen LogP) is 5.73. The van der Waals surface area contributed by atoms with Gasteiger partial charge in [0.1, 0.15) is 0 Å². The first-order chi connectivity index (χ1) is 15.8. The maximum Gasteiger partial charge on any atom is 0.435 e. The molecule has 34 heavy (non-hydrogen) atoms. The van der Waals surface area contributed by atoms with Gasteiger partial charge in [-0.25, -0.2) is 19.3 Å². The molecular weight excluding hydrogens is 441 g/mol. The van der Waals surface area contributed by atoms with Crippen molar-refractivity contribution in [2.75, 3.05) is 0 Å². The summed E-state index contributed by atoms with van der Waals surface area (Å²) in [6.45, 7) is 13.7. The zero-order chi connectivity index (χ0) is 25.0. The monoisotopic (exact) mass is 468 g/mol. The molecule has 4 aromatic heterocycles. The Kier molecular flexibility index (Phi) is 5.62. The lowest BCUT2D eigenvalue weighted by molar-refractivity contribution is -0.141. The third-order valence-electron chi connectivity index (χ3n) is 6.33. The molecule has 0 aromatic carbocycles. The van der Waals surface area contributed by atoms with Gasteiger partial charge in [-0.3, -0.25) is 0 Å². The lowest BCUT2D eigenvalue weighted by atomic mass is 9.83. The van der Waals surface area contributed by atoms with Crippen LogP contribution in [0.15, 0.2) is 36.7 Å². The van der Waals surface area contributed by atoms with Gasteiger partial charge in [0.2, 0.25) is 0 Å². The molecule has 4 aromatic rings. The standard InChI is InChI=1S/C25H27F3N6/c1-14-12-20(29-22(17(14)4)33-10-8-16(3)31-33)24(6,7)21-13-15(2)18(5)23(30-21)34-11-9-19(32-34)25(26,27)28/h8-13H,1-7H3. The molecule has 0 spiro atoms. The van der Waals surface area contributed by atoms with Crippen LogP contribution in [0.5, 0.6) is 0 Å². The summed E-state index contributed by atoms with van der Waals surface area (Å²) < 4.78 is 42.3. The van der Waals surface area contributed by atoms with Gasteiger partial charge in [-0.05, 0) is 95.0 Å². The lowest BCUT2D eigenvalue weighted by Gasteiger charge is -2.27. The van der Waals surface area contributed by atoms with Crippen LogP contribution in [0.1, 0.15) is 58.9 Å². The molecule has 0 bridgehead atoms. The van der Waals surface area contributed by atoms with Crippen LogP contribution in [0.4, 0.5) is 13.2 Å². The van der Waals surface area contributed by atoms with Gasteiger partial charge in [0.05, 0.1) is 17.1 Å². The molecule has 0 radical (unpaired) electrons. The van der Waals surface area contributed by atoms with Gasteiger partial charge in [-0.1, -0.05) is 0 Å². The highest BCUT2D eigenvalue weighted by Crippen LogP contribution is 2.34. The zero-order valence-electron chi connectivity index (χ0n) is 20.3. The van der Waals surface area contributed by atoms with Gasteiger partial charge in [0.25, 0.3) is 0 Å². The Morgan fingerprint density at radius 2 is 1.15 bits per heavy atom. The SMILES string of the molecule is Cc1ccn(-c2nc(C(C)(C)c3cc(C)c(C)c(-n4ccc(C(F)(F)F)n4)n3)cc(C)c2C)n1. The average Bonchev–Trinajstić information content (AvgIpc) is 3.41. The van der Waals surface area contributed by atoms with E-state index in [4.69, 9.17) is 9.97 Å². The fourth-order valence-corrected chi connectivity index (χ4v) is 3.78. The zero-order valence-corrected chi connectivity index (χ0v) is 20.3. The normalized spacial score (nSPS) is 12.4. The third kappa shape index (κ3) is 4.10. The van der Waals surface area contributed by atoms with Crippen LogP contribution in [0.3, 0.4) is 0 Å². The predicted molar refractivity (Wildman–Crippen MR) is 124 cm³/mol. The van der Waals surface area contributed by atoms with E-state index < -0.39 is 17.3 Å². The number of aromatic nitrogens is 6. The molecule has 0 amide bonds. The summed E-state index contributed by atoms with van der Waals surface area (Å²) >= 11 is 0. The fourth-order valence-electron chi connectivity index (χ4n) is 3.78. The highest BCUT2D eigenvalue weighted by molar-refractivity contribution is 5.47. The minimum atomic E-state index is -4.52. The molecule has 0 aliphatic carbocycles. The van der Waals surface area contributed by atoms with Crippen molar-refractivity contribution in [3.05, 3.63) is 81.7 Å². The maximum absolute atomic E-state index is 13.1. The summed E-state index contributed by atoms with van der Waals surface area (Å²) in [6, 6.07) is 6.87. The average molecular weight is 469 g/mol. The van der Waals surface area contributed by atoms with E-state index in [-0.39, 0.29) is 0 Å². The van der Waals surface area contributed by atoms with E-state index in [0.29, 0.717) is 11.5 Å². The van der Waals surface area contributed by atoms with Crippen molar-refractivity contribution in [3.8, 4) is 11.6 Å². The Hall–Kier alpha value is -3.49. The number of hydrogen-bond donors (Lipinski definition) is 0. The quantitative estimate of drug-likeness (QED) is 0.384. The first-order valence-electron chi connectivity index (χ1n) is 10.9. The van der Waals surface area contributed by atoms with E-state index in [9.17, 15) is 13.2 Å². The number of halogens is 3. The second-order valence-corrected chi connectivity index (χ2v) is 9.22. The van der Waals surface area contributed by atoms with Crippen molar-refractivity contribution >= 4 is 0 Å². The van der Waals surface area contributed by atoms with Crippen molar-refractivity contribution in [1.29, 1.82) is 0 Å². The van der Waals surface area contributed by atoms with Gasteiger partial charge in [0.15, 0.2) is 17.3 Å². The summed E-state index contributed by atoms with van der Waals surface area (Å²) in [5.41, 5.74) is 4.53. The topological polar surface area (TPSA) is 61.4 Å². The number of rotatable bonds is 4. The molecule has 178 valence electrons. The molecule has 0 atom stereocenters. The molecule has 6 nitrogen and oxygen atoms in total. The molecule has 0 saturated carbocycles. The molecule has 0 saturated heterocycles. The molecule has 4 rings (SSSR count). The molecule has 0 aliphatic heterocycles. The molecule has 4 heterocycles. The minimum absolute atomic E-state index is 0.366. The summed E-state index contributed by atoms with van der Waals surface area (Å²) in [7, 11) is 0. The van der Waals surface area contributed by atoms with E-state index in [1.54, 1.807) is 4.68 Å². The van der Waals surface area contributed by atoms with Gasteiger partial charge in [-0.2, -0.15) is 23.4 Å². The summed E-state index contributed by atoms with van der Waals surface area (Å²) in [6.07, 6.45) is -1.35. The number of nitrogens with zero attached hydrogens (tertiary/aromatic N) is 6. The van der Waals surface area contributed by atoms with Crippen LogP contribution in [0.25, 0.3) is 11.6 Å². The highest BCUT2D eigenvalue weighted by Gasteiger charge is 2.34. The van der Waals surface area contributed by atoms with Crippen LogP contribution in [0.2, 0.25) is 0 Å². The fraction of sp³-hybridized carbons (Fsp3) is 0.360. The second-order valence-electron chi connectivity index (χ2n) is 9.22. The summed E-state index contributed by atoms with van der Waals surface area (Å²) in [5.74, 6) is 1.10. The van der Waals surface area contributed by atoms with Crippen LogP contribution in [-0.2, 0) is 11.6 Å². The van der Waals surface area contributed by atoms with Crippen LogP contribution in [0, 0.1) is 34.6 Å². The Bertz CT molecular complexity index is 1380. The van der Waals surface area contributed by atoms with Gasteiger partial charge in [0, 0.05) is 17.8 Å². The third-order valence-corrected chi connectivity index (χ3v) is 6.33. The Morgan fingerprint density at radius 3 is 1.56 bits per heavy atom. The molecule has 0 aliphatic rings. The van der Waals surface area contributed by atoms with E-state index in [1.165, 1.54) is 10.9 Å². The van der Waals surface area contributed by atoms with Gasteiger partial charge >= 0.3 is 6.18 Å². The lowest BCUT2D eigenvalue weighted by Crippen LogP contribution is -2.25. The largest absolute Gasteiger partial charge is 0.435 e. The van der Waals surface area contributed by atoms with Crippen LogP contribution >= 0.6 is 0 Å². The molecule has 0 unspecified atom stereocenters. The second kappa shape index (κ2) is 8.07. The molecular formula is C25H27F3N6.